The fraction of sp³-hybridized carbons (Fsp3) is 0.286. The van der Waals surface area contributed by atoms with Crippen molar-refractivity contribution >= 4 is 27.7 Å². The van der Waals surface area contributed by atoms with Crippen molar-refractivity contribution in [3.05, 3.63) is 77.0 Å². The van der Waals surface area contributed by atoms with Crippen molar-refractivity contribution in [2.45, 2.75) is 31.4 Å². The van der Waals surface area contributed by atoms with Crippen LogP contribution in [0.2, 0.25) is 0 Å². The molecule has 3 aromatic rings. The molecule has 0 bridgehead atoms. The molecule has 0 saturated heterocycles. The van der Waals surface area contributed by atoms with Crippen LogP contribution in [-0.4, -0.2) is 56.9 Å². The van der Waals surface area contributed by atoms with Crippen LogP contribution in [0.15, 0.2) is 58.1 Å². The Labute approximate surface area is 221 Å². The number of phenolic OH excluding ortho intramolecular Hbond substituents is 1. The lowest BCUT2D eigenvalue weighted by atomic mass is 9.97. The summed E-state index contributed by atoms with van der Waals surface area (Å²) in [7, 11) is -3.01. The van der Waals surface area contributed by atoms with E-state index in [1.54, 1.807) is 12.2 Å². The first-order valence-electron chi connectivity index (χ1n) is 12.0. The minimum atomic E-state index is -4.11. The van der Waals surface area contributed by atoms with Crippen LogP contribution in [-0.2, 0) is 20.3 Å². The summed E-state index contributed by atoms with van der Waals surface area (Å²) in [5.41, 5.74) is 0.140. The summed E-state index contributed by atoms with van der Waals surface area (Å²) in [6.45, 7) is 7.46. The molecule has 0 aliphatic rings. The Balaban J connectivity index is 2.07. The Hall–Kier alpha value is -3.76. The largest absolute Gasteiger partial charge is 0.506 e. The van der Waals surface area contributed by atoms with Gasteiger partial charge < -0.3 is 19.2 Å². The van der Waals surface area contributed by atoms with E-state index in [2.05, 4.69) is 4.90 Å². The predicted octanol–water partition coefficient (Wildman–Crippen LogP) is 5.11. The third-order valence-electron chi connectivity index (χ3n) is 6.14. The van der Waals surface area contributed by atoms with Crippen molar-refractivity contribution in [1.29, 1.82) is 0 Å². The standard InChI is InChI=1S/C28H30FNO7S/c1-5-30(6-2)14-7-8-19-16-21(29)10-12-24(19)38(34,35)17-20-9-11-22(26(32)25(20)28(33)36-4)23-13-15-37-27(23)18(3)31/h7-13,15-16,32H,5-6,14,17H2,1-4H3/b8-7-. The summed E-state index contributed by atoms with van der Waals surface area (Å²) in [6, 6.07) is 7.60. The molecular weight excluding hydrogens is 513 g/mol. The third-order valence-corrected chi connectivity index (χ3v) is 7.87. The van der Waals surface area contributed by atoms with E-state index < -0.39 is 38.9 Å². The van der Waals surface area contributed by atoms with Crippen molar-refractivity contribution in [2.75, 3.05) is 26.7 Å². The van der Waals surface area contributed by atoms with Crippen LogP contribution >= 0.6 is 0 Å². The molecule has 0 amide bonds. The number of carbonyl (C=O) groups excluding carboxylic acids is 2. The summed E-state index contributed by atoms with van der Waals surface area (Å²) in [5, 5.41) is 11.0. The van der Waals surface area contributed by atoms with Gasteiger partial charge in [0.05, 0.1) is 24.0 Å². The van der Waals surface area contributed by atoms with E-state index in [1.807, 2.05) is 13.8 Å². The van der Waals surface area contributed by atoms with Gasteiger partial charge in [-0.05, 0) is 48.5 Å². The Kier molecular flexibility index (Phi) is 9.24. The second-order valence-electron chi connectivity index (χ2n) is 8.54. The number of methoxy groups -OCH3 is 1. The molecule has 0 aliphatic heterocycles. The number of nitrogens with zero attached hydrogens (tertiary/aromatic N) is 1. The highest BCUT2D eigenvalue weighted by Gasteiger charge is 2.28. The zero-order chi connectivity index (χ0) is 28.0. The van der Waals surface area contributed by atoms with Crippen LogP contribution in [0.25, 0.3) is 17.2 Å². The molecule has 0 atom stereocenters. The Bertz CT molecular complexity index is 1470. The van der Waals surface area contributed by atoms with Crippen molar-refractivity contribution in [3.8, 4) is 16.9 Å². The zero-order valence-corrected chi connectivity index (χ0v) is 22.5. The van der Waals surface area contributed by atoms with Crippen molar-refractivity contribution in [2.24, 2.45) is 0 Å². The summed E-state index contributed by atoms with van der Waals surface area (Å²) in [6.07, 6.45) is 4.59. The molecule has 0 aliphatic carbocycles. The number of likely N-dealkylation sites (N-methyl/N-ethyl adjacent to an activating group) is 1. The van der Waals surface area contributed by atoms with Crippen LogP contribution in [0.5, 0.6) is 5.75 Å². The second kappa shape index (κ2) is 12.2. The molecule has 2 aromatic carbocycles. The Morgan fingerprint density at radius 2 is 1.82 bits per heavy atom. The fourth-order valence-corrected chi connectivity index (χ4v) is 5.69. The van der Waals surface area contributed by atoms with Gasteiger partial charge in [0.1, 0.15) is 17.1 Å². The van der Waals surface area contributed by atoms with Crippen LogP contribution in [0.3, 0.4) is 0 Å². The lowest BCUT2D eigenvalue weighted by Gasteiger charge is -2.16. The van der Waals surface area contributed by atoms with Gasteiger partial charge in [0.25, 0.3) is 0 Å². The van der Waals surface area contributed by atoms with Gasteiger partial charge in [-0.1, -0.05) is 38.1 Å². The number of hydrogen-bond donors (Lipinski definition) is 1. The lowest BCUT2D eigenvalue weighted by molar-refractivity contribution is 0.0596. The van der Waals surface area contributed by atoms with Crippen LogP contribution in [0, 0.1) is 5.82 Å². The molecule has 0 fully saturated rings. The molecule has 38 heavy (non-hydrogen) atoms. The fourth-order valence-electron chi connectivity index (χ4n) is 4.12. The van der Waals surface area contributed by atoms with E-state index in [1.165, 1.54) is 37.5 Å². The highest BCUT2D eigenvalue weighted by Crippen LogP contribution is 2.38. The summed E-state index contributed by atoms with van der Waals surface area (Å²) in [4.78, 5) is 26.6. The normalized spacial score (nSPS) is 11.8. The van der Waals surface area contributed by atoms with Gasteiger partial charge in [0, 0.05) is 24.6 Å². The summed E-state index contributed by atoms with van der Waals surface area (Å²) >= 11 is 0. The first-order chi connectivity index (χ1) is 18.0. The van der Waals surface area contributed by atoms with Gasteiger partial charge in [-0.2, -0.15) is 0 Å². The molecule has 8 nitrogen and oxygen atoms in total. The van der Waals surface area contributed by atoms with Gasteiger partial charge >= 0.3 is 5.97 Å². The van der Waals surface area contributed by atoms with E-state index >= 15 is 0 Å². The number of phenols is 1. The average Bonchev–Trinajstić information content (AvgIpc) is 3.36. The Morgan fingerprint density at radius 3 is 2.45 bits per heavy atom. The minimum Gasteiger partial charge on any atom is -0.506 e. The smallest absolute Gasteiger partial charge is 0.341 e. The molecule has 202 valence electrons. The topological polar surface area (TPSA) is 114 Å². The molecule has 0 radical (unpaired) electrons. The second-order valence-corrected chi connectivity index (χ2v) is 10.5. The van der Waals surface area contributed by atoms with Gasteiger partial charge in [-0.3, -0.25) is 4.79 Å². The number of esters is 1. The van der Waals surface area contributed by atoms with Crippen LogP contribution in [0.4, 0.5) is 4.39 Å². The van der Waals surface area contributed by atoms with Crippen LogP contribution < -0.4 is 0 Å². The number of sulfone groups is 1. The summed E-state index contributed by atoms with van der Waals surface area (Å²) < 4.78 is 51.1. The van der Waals surface area contributed by atoms with Gasteiger partial charge in [0.2, 0.25) is 0 Å². The van der Waals surface area contributed by atoms with E-state index in [-0.39, 0.29) is 38.5 Å². The number of ketones is 1. The number of hydrogen-bond acceptors (Lipinski definition) is 8. The lowest BCUT2D eigenvalue weighted by Crippen LogP contribution is -2.22. The number of furan rings is 1. The molecule has 1 aromatic heterocycles. The Morgan fingerprint density at radius 1 is 1.11 bits per heavy atom. The molecule has 1 heterocycles. The van der Waals surface area contributed by atoms with Crippen molar-refractivity contribution < 1.29 is 36.7 Å². The number of ether oxygens (including phenoxy) is 1. The highest BCUT2D eigenvalue weighted by atomic mass is 32.2. The first-order valence-corrected chi connectivity index (χ1v) is 13.6. The number of carbonyl (C=O) groups is 2. The predicted molar refractivity (Wildman–Crippen MR) is 141 cm³/mol. The van der Waals surface area contributed by atoms with E-state index in [9.17, 15) is 27.5 Å². The van der Waals surface area contributed by atoms with Gasteiger partial charge in [-0.25, -0.2) is 17.6 Å². The highest BCUT2D eigenvalue weighted by molar-refractivity contribution is 7.90. The number of halogens is 1. The number of rotatable bonds is 11. The maximum absolute atomic E-state index is 14.1. The van der Waals surface area contributed by atoms with Crippen molar-refractivity contribution in [3.63, 3.8) is 0 Å². The van der Waals surface area contributed by atoms with E-state index in [0.717, 1.165) is 32.3 Å². The zero-order valence-electron chi connectivity index (χ0n) is 21.7. The monoisotopic (exact) mass is 543 g/mol. The maximum Gasteiger partial charge on any atom is 0.341 e. The summed E-state index contributed by atoms with van der Waals surface area (Å²) in [5.74, 6) is -3.19. The molecule has 0 spiro atoms. The maximum atomic E-state index is 14.1. The molecule has 10 heteroatoms. The minimum absolute atomic E-state index is 0.0200. The molecule has 0 unspecified atom stereocenters. The van der Waals surface area contributed by atoms with E-state index in [4.69, 9.17) is 9.15 Å². The quantitative estimate of drug-likeness (QED) is 0.202. The average molecular weight is 544 g/mol. The van der Waals surface area contributed by atoms with Gasteiger partial charge in [0.15, 0.2) is 21.4 Å². The first kappa shape index (κ1) is 28.8. The number of Topliss-reactive ketones (excluding diaryl/α,β-unsaturated/α-hetero) is 1. The molecule has 0 saturated carbocycles. The molecule has 3 rings (SSSR count). The third kappa shape index (κ3) is 6.20. The molecular formula is C28H30FNO7S. The van der Waals surface area contributed by atoms with Gasteiger partial charge in [-0.15, -0.1) is 0 Å². The molecule has 1 N–H and O–H groups in total. The van der Waals surface area contributed by atoms with E-state index in [0.29, 0.717) is 6.54 Å². The number of aromatic hydroxyl groups is 1. The van der Waals surface area contributed by atoms with Crippen molar-refractivity contribution in [1.82, 2.24) is 4.90 Å². The SMILES string of the molecule is CCN(CC)C/C=C\c1cc(F)ccc1S(=O)(=O)Cc1ccc(-c2ccoc2C(C)=O)c(O)c1C(=O)OC. The van der Waals surface area contributed by atoms with Crippen LogP contribution in [0.1, 0.15) is 52.8 Å². The number of benzene rings is 2.